The minimum absolute atomic E-state index is 0.0491. The van der Waals surface area contributed by atoms with Crippen LogP contribution in [0.25, 0.3) is 0 Å². The van der Waals surface area contributed by atoms with E-state index in [1.165, 1.54) is 13.0 Å². The van der Waals surface area contributed by atoms with Gasteiger partial charge in [0.25, 0.3) is 0 Å². The van der Waals surface area contributed by atoms with E-state index in [4.69, 9.17) is 23.7 Å². The van der Waals surface area contributed by atoms with Crippen LogP contribution in [-0.2, 0) is 38.1 Å². The Morgan fingerprint density at radius 2 is 1.62 bits per heavy atom. The Bertz CT molecular complexity index is 607. The number of carbonyl (C=O) groups is 4. The molecule has 11 heteroatoms. The molecule has 3 unspecified atom stereocenters. The SMILES string of the molecule is C=CCOC(=O)NC1C(OC(C)=O)[C@@H](OC(C)=O)C(COC(C)=O)O[C@@H]1CCO. The maximum atomic E-state index is 12.1. The number of nitrogens with one attached hydrogen (secondary N) is 1. The molecule has 1 rings (SSSR count). The van der Waals surface area contributed by atoms with Crippen molar-refractivity contribution in [2.75, 3.05) is 19.8 Å². The van der Waals surface area contributed by atoms with Crippen LogP contribution in [0.3, 0.4) is 0 Å². The standard InChI is InChI=1S/C18H27NO10/c1-5-8-25-18(24)19-15-13(6-7-20)29-14(9-26-10(2)21)16(27-11(3)22)17(15)28-12(4)23/h5,13-17,20H,1,6-9H2,2-4H3,(H,19,24)/t13-,14?,15?,16+,17?/m1/s1. The van der Waals surface area contributed by atoms with E-state index in [1.807, 2.05) is 0 Å². The summed E-state index contributed by atoms with van der Waals surface area (Å²) in [7, 11) is 0. The molecular formula is C18H27NO10. The van der Waals surface area contributed by atoms with Crippen molar-refractivity contribution in [2.24, 2.45) is 0 Å². The van der Waals surface area contributed by atoms with Gasteiger partial charge in [-0.3, -0.25) is 14.4 Å². The minimum atomic E-state index is -1.18. The third-order valence-corrected chi connectivity index (χ3v) is 3.88. The van der Waals surface area contributed by atoms with Gasteiger partial charge in [-0.25, -0.2) is 4.79 Å². The first kappa shape index (κ1) is 24.4. The fourth-order valence-corrected chi connectivity index (χ4v) is 2.88. The van der Waals surface area contributed by atoms with E-state index in [9.17, 15) is 24.3 Å². The number of ether oxygens (including phenoxy) is 5. The Morgan fingerprint density at radius 3 is 2.14 bits per heavy atom. The lowest BCUT2D eigenvalue weighted by atomic mass is 9.90. The zero-order valence-corrected chi connectivity index (χ0v) is 16.6. The Balaban J connectivity index is 3.22. The Kier molecular flexibility index (Phi) is 10.1. The fraction of sp³-hybridized carbons (Fsp3) is 0.667. The smallest absolute Gasteiger partial charge is 0.407 e. The zero-order valence-electron chi connectivity index (χ0n) is 16.6. The van der Waals surface area contributed by atoms with Crippen molar-refractivity contribution in [2.45, 2.75) is 57.6 Å². The van der Waals surface area contributed by atoms with Crippen LogP contribution in [0.2, 0.25) is 0 Å². The number of carbonyl (C=O) groups excluding carboxylic acids is 4. The van der Waals surface area contributed by atoms with Crippen molar-refractivity contribution in [1.29, 1.82) is 0 Å². The predicted molar refractivity (Wildman–Crippen MR) is 96.6 cm³/mol. The van der Waals surface area contributed by atoms with Gasteiger partial charge in [0.05, 0.1) is 12.1 Å². The van der Waals surface area contributed by atoms with Gasteiger partial charge >= 0.3 is 24.0 Å². The van der Waals surface area contributed by atoms with E-state index >= 15 is 0 Å². The predicted octanol–water partition coefficient (Wildman–Crippen LogP) is -0.156. The molecule has 1 fully saturated rings. The second kappa shape index (κ2) is 12.0. The van der Waals surface area contributed by atoms with Gasteiger partial charge in [-0.05, 0) is 6.42 Å². The summed E-state index contributed by atoms with van der Waals surface area (Å²) in [6.45, 7) is 6.26. The highest BCUT2D eigenvalue weighted by molar-refractivity contribution is 5.69. The van der Waals surface area contributed by atoms with Crippen molar-refractivity contribution in [1.82, 2.24) is 5.32 Å². The molecule has 0 radical (unpaired) electrons. The van der Waals surface area contributed by atoms with Gasteiger partial charge in [0, 0.05) is 27.4 Å². The van der Waals surface area contributed by atoms with Crippen LogP contribution in [0.4, 0.5) is 4.79 Å². The molecule has 1 saturated heterocycles. The highest BCUT2D eigenvalue weighted by Crippen LogP contribution is 2.28. The first-order chi connectivity index (χ1) is 13.7. The maximum Gasteiger partial charge on any atom is 0.407 e. The van der Waals surface area contributed by atoms with Gasteiger partial charge in [0.15, 0.2) is 12.2 Å². The molecule has 11 nitrogen and oxygen atoms in total. The van der Waals surface area contributed by atoms with Crippen molar-refractivity contribution in [3.63, 3.8) is 0 Å². The summed E-state index contributed by atoms with van der Waals surface area (Å²) >= 11 is 0. The van der Waals surface area contributed by atoms with Crippen molar-refractivity contribution in [3.05, 3.63) is 12.7 Å². The van der Waals surface area contributed by atoms with Crippen LogP contribution < -0.4 is 5.32 Å². The van der Waals surface area contributed by atoms with Crippen molar-refractivity contribution >= 4 is 24.0 Å². The van der Waals surface area contributed by atoms with Gasteiger partial charge in [-0.2, -0.15) is 0 Å². The van der Waals surface area contributed by atoms with E-state index < -0.39 is 54.5 Å². The van der Waals surface area contributed by atoms with Gasteiger partial charge < -0.3 is 34.1 Å². The number of hydrogen-bond donors (Lipinski definition) is 2. The number of esters is 3. The highest BCUT2D eigenvalue weighted by atomic mass is 16.6. The third-order valence-electron chi connectivity index (χ3n) is 3.88. The van der Waals surface area contributed by atoms with E-state index in [-0.39, 0.29) is 26.2 Å². The molecule has 29 heavy (non-hydrogen) atoms. The zero-order chi connectivity index (χ0) is 22.0. The second-order valence-electron chi connectivity index (χ2n) is 6.23. The minimum Gasteiger partial charge on any atom is -0.463 e. The molecule has 1 aliphatic rings. The number of rotatable bonds is 9. The molecular weight excluding hydrogens is 390 g/mol. The molecule has 1 heterocycles. The Hall–Kier alpha value is -2.66. The molecule has 0 saturated carbocycles. The Morgan fingerprint density at radius 1 is 1.00 bits per heavy atom. The summed E-state index contributed by atoms with van der Waals surface area (Å²) in [5.74, 6) is -1.99. The Labute approximate surface area is 168 Å². The van der Waals surface area contributed by atoms with Gasteiger partial charge in [0.2, 0.25) is 0 Å². The topological polar surface area (TPSA) is 147 Å². The lowest BCUT2D eigenvalue weighted by molar-refractivity contribution is -0.224. The molecule has 0 aromatic rings. The molecule has 0 aromatic heterocycles. The van der Waals surface area contributed by atoms with E-state index in [0.717, 1.165) is 13.8 Å². The van der Waals surface area contributed by atoms with Crippen LogP contribution in [0.15, 0.2) is 12.7 Å². The van der Waals surface area contributed by atoms with Gasteiger partial charge in [-0.15, -0.1) is 0 Å². The van der Waals surface area contributed by atoms with Crippen LogP contribution in [-0.4, -0.2) is 79.4 Å². The largest absolute Gasteiger partial charge is 0.463 e. The summed E-state index contributed by atoms with van der Waals surface area (Å²) in [6.07, 6.45) is -3.65. The average Bonchev–Trinajstić information content (AvgIpc) is 2.62. The number of alkyl carbamates (subject to hydrolysis) is 1. The first-order valence-corrected chi connectivity index (χ1v) is 8.97. The summed E-state index contributed by atoms with van der Waals surface area (Å²) in [4.78, 5) is 46.6. The molecule has 1 amide bonds. The molecule has 1 aliphatic heterocycles. The molecule has 0 aromatic carbocycles. The van der Waals surface area contributed by atoms with E-state index in [1.54, 1.807) is 0 Å². The lowest BCUT2D eigenvalue weighted by Crippen LogP contribution is -2.66. The van der Waals surface area contributed by atoms with Gasteiger partial charge in [-0.1, -0.05) is 12.7 Å². The number of hydrogen-bond acceptors (Lipinski definition) is 10. The molecule has 0 aliphatic carbocycles. The molecule has 5 atom stereocenters. The summed E-state index contributed by atoms with van der Waals surface area (Å²) in [5, 5.41) is 11.9. The fourth-order valence-electron chi connectivity index (χ4n) is 2.88. The summed E-state index contributed by atoms with van der Waals surface area (Å²) in [6, 6.07) is -1.01. The van der Waals surface area contributed by atoms with E-state index in [0.29, 0.717) is 0 Å². The van der Waals surface area contributed by atoms with Crippen molar-refractivity contribution < 1.29 is 48.0 Å². The summed E-state index contributed by atoms with van der Waals surface area (Å²) in [5.41, 5.74) is 0. The number of aliphatic hydroxyl groups is 1. The van der Waals surface area contributed by atoms with Crippen molar-refractivity contribution in [3.8, 4) is 0 Å². The first-order valence-electron chi connectivity index (χ1n) is 8.97. The molecule has 2 N–H and O–H groups in total. The molecule has 0 spiro atoms. The quantitative estimate of drug-likeness (QED) is 0.295. The summed E-state index contributed by atoms with van der Waals surface area (Å²) < 4.78 is 26.3. The monoisotopic (exact) mass is 417 g/mol. The number of aliphatic hydroxyl groups excluding tert-OH is 1. The van der Waals surface area contributed by atoms with Crippen LogP contribution in [0, 0.1) is 0 Å². The molecule has 164 valence electrons. The van der Waals surface area contributed by atoms with Crippen LogP contribution >= 0.6 is 0 Å². The normalized spacial score (nSPS) is 26.0. The van der Waals surface area contributed by atoms with Gasteiger partial charge in [0.1, 0.15) is 19.3 Å². The second-order valence-corrected chi connectivity index (χ2v) is 6.23. The average molecular weight is 417 g/mol. The number of amides is 1. The maximum absolute atomic E-state index is 12.1. The van der Waals surface area contributed by atoms with Crippen LogP contribution in [0.1, 0.15) is 27.2 Å². The lowest BCUT2D eigenvalue weighted by Gasteiger charge is -2.45. The van der Waals surface area contributed by atoms with Crippen LogP contribution in [0.5, 0.6) is 0 Å². The third kappa shape index (κ3) is 8.08. The molecule has 0 bridgehead atoms. The highest BCUT2D eigenvalue weighted by Gasteiger charge is 2.50. The van der Waals surface area contributed by atoms with E-state index in [2.05, 4.69) is 11.9 Å².